The minimum atomic E-state index is -0.259. The standard InChI is InChI=1S/C27H28N6O2/c1-19(17-28)27(34)33-15-12-20(13-16-33)11-14-30-26-24(25(29)31-18-32-26)21-7-9-23(10-8-21)35-22-5-3-2-4-6-22/h2-10,18,20H,1,11-16H2,(H3,29,30,31,32). The Morgan fingerprint density at radius 3 is 2.49 bits per heavy atom. The fourth-order valence-corrected chi connectivity index (χ4v) is 4.19. The number of anilines is 2. The minimum Gasteiger partial charge on any atom is -0.457 e. The monoisotopic (exact) mass is 468 g/mol. The number of aromatic nitrogens is 2. The van der Waals surface area contributed by atoms with Crippen LogP contribution in [0, 0.1) is 17.2 Å². The topological polar surface area (TPSA) is 117 Å². The van der Waals surface area contributed by atoms with Crippen LogP contribution in [0.15, 0.2) is 73.1 Å². The van der Waals surface area contributed by atoms with Gasteiger partial charge < -0.3 is 20.7 Å². The molecule has 4 rings (SSSR count). The van der Waals surface area contributed by atoms with Gasteiger partial charge in [-0.1, -0.05) is 36.9 Å². The molecule has 1 saturated heterocycles. The van der Waals surface area contributed by atoms with Gasteiger partial charge in [0.25, 0.3) is 5.91 Å². The van der Waals surface area contributed by atoms with Crippen molar-refractivity contribution < 1.29 is 9.53 Å². The predicted molar refractivity (Wildman–Crippen MR) is 136 cm³/mol. The Morgan fingerprint density at radius 1 is 1.11 bits per heavy atom. The minimum absolute atomic E-state index is 0.00124. The Balaban J connectivity index is 1.35. The number of para-hydroxylation sites is 1. The summed E-state index contributed by atoms with van der Waals surface area (Å²) < 4.78 is 5.88. The number of hydrogen-bond donors (Lipinski definition) is 2. The van der Waals surface area contributed by atoms with Gasteiger partial charge in [0.05, 0.1) is 5.56 Å². The first-order valence-electron chi connectivity index (χ1n) is 11.6. The van der Waals surface area contributed by atoms with Crippen molar-refractivity contribution in [2.75, 3.05) is 30.7 Å². The fourth-order valence-electron chi connectivity index (χ4n) is 4.19. The molecule has 0 unspecified atom stereocenters. The van der Waals surface area contributed by atoms with Crippen molar-refractivity contribution >= 4 is 17.5 Å². The lowest BCUT2D eigenvalue weighted by Crippen LogP contribution is -2.39. The molecule has 35 heavy (non-hydrogen) atoms. The van der Waals surface area contributed by atoms with Gasteiger partial charge in [0.1, 0.15) is 41.1 Å². The van der Waals surface area contributed by atoms with Gasteiger partial charge in [0.2, 0.25) is 0 Å². The molecule has 0 saturated carbocycles. The molecule has 3 aromatic rings. The molecule has 178 valence electrons. The molecule has 0 radical (unpaired) electrons. The predicted octanol–water partition coefficient (Wildman–Crippen LogP) is 4.64. The van der Waals surface area contributed by atoms with Crippen LogP contribution in [0.4, 0.5) is 11.6 Å². The largest absolute Gasteiger partial charge is 0.457 e. The van der Waals surface area contributed by atoms with E-state index in [0.717, 1.165) is 48.4 Å². The van der Waals surface area contributed by atoms with Gasteiger partial charge in [-0.15, -0.1) is 0 Å². The number of nitrogen functional groups attached to an aromatic ring is 1. The lowest BCUT2D eigenvalue weighted by atomic mass is 9.93. The van der Waals surface area contributed by atoms with Gasteiger partial charge >= 0.3 is 0 Å². The molecule has 1 fully saturated rings. The Kier molecular flexibility index (Phi) is 7.58. The van der Waals surface area contributed by atoms with E-state index in [2.05, 4.69) is 21.9 Å². The Labute approximate surface area is 205 Å². The van der Waals surface area contributed by atoms with E-state index in [1.165, 1.54) is 6.33 Å². The van der Waals surface area contributed by atoms with Crippen LogP contribution in [0.2, 0.25) is 0 Å². The van der Waals surface area contributed by atoms with Crippen LogP contribution in [-0.2, 0) is 4.79 Å². The SMILES string of the molecule is C=C(C#N)C(=O)N1CCC(CCNc2ncnc(N)c2-c2ccc(Oc3ccccc3)cc2)CC1. The molecule has 8 heteroatoms. The first-order valence-corrected chi connectivity index (χ1v) is 11.6. The molecule has 0 atom stereocenters. The van der Waals surface area contributed by atoms with Crippen molar-refractivity contribution in [2.45, 2.75) is 19.3 Å². The third-order valence-electron chi connectivity index (χ3n) is 6.14. The summed E-state index contributed by atoms with van der Waals surface area (Å²) >= 11 is 0. The summed E-state index contributed by atoms with van der Waals surface area (Å²) in [5.41, 5.74) is 7.88. The van der Waals surface area contributed by atoms with Crippen molar-refractivity contribution in [3.05, 3.63) is 73.1 Å². The van der Waals surface area contributed by atoms with Crippen molar-refractivity contribution in [1.29, 1.82) is 5.26 Å². The van der Waals surface area contributed by atoms with Gasteiger partial charge in [-0.25, -0.2) is 9.97 Å². The quantitative estimate of drug-likeness (QED) is 0.365. The molecular weight excluding hydrogens is 440 g/mol. The number of nitrogens with two attached hydrogens (primary N) is 1. The van der Waals surface area contributed by atoms with Crippen LogP contribution in [0.1, 0.15) is 19.3 Å². The number of amides is 1. The van der Waals surface area contributed by atoms with Gasteiger partial charge in [-0.05, 0) is 55.0 Å². The molecule has 1 amide bonds. The number of ether oxygens (including phenoxy) is 1. The molecular formula is C27H28N6O2. The summed E-state index contributed by atoms with van der Waals surface area (Å²) in [6, 6.07) is 19.1. The summed E-state index contributed by atoms with van der Waals surface area (Å²) in [5, 5.41) is 12.3. The number of benzene rings is 2. The van der Waals surface area contributed by atoms with E-state index in [0.29, 0.717) is 30.6 Å². The number of nitrogens with zero attached hydrogens (tertiary/aromatic N) is 4. The van der Waals surface area contributed by atoms with Crippen molar-refractivity contribution in [3.63, 3.8) is 0 Å². The zero-order valence-corrected chi connectivity index (χ0v) is 19.5. The van der Waals surface area contributed by atoms with Crippen LogP contribution in [0.3, 0.4) is 0 Å². The van der Waals surface area contributed by atoms with E-state index >= 15 is 0 Å². The van der Waals surface area contributed by atoms with Crippen LogP contribution in [-0.4, -0.2) is 40.4 Å². The lowest BCUT2D eigenvalue weighted by Gasteiger charge is -2.31. The Bertz CT molecular complexity index is 1210. The normalized spacial score (nSPS) is 13.6. The average Bonchev–Trinajstić information content (AvgIpc) is 2.89. The number of carbonyl (C=O) groups is 1. The summed E-state index contributed by atoms with van der Waals surface area (Å²) in [4.78, 5) is 22.4. The second kappa shape index (κ2) is 11.2. The number of rotatable bonds is 8. The van der Waals surface area contributed by atoms with E-state index in [1.807, 2.05) is 60.7 Å². The van der Waals surface area contributed by atoms with Gasteiger partial charge in [0.15, 0.2) is 0 Å². The number of nitriles is 1. The number of carbonyl (C=O) groups excluding carboxylic acids is 1. The first-order chi connectivity index (χ1) is 17.0. The van der Waals surface area contributed by atoms with E-state index in [-0.39, 0.29) is 11.5 Å². The van der Waals surface area contributed by atoms with Crippen LogP contribution in [0.25, 0.3) is 11.1 Å². The molecule has 1 aliphatic rings. The van der Waals surface area contributed by atoms with Crippen molar-refractivity contribution in [2.24, 2.45) is 5.92 Å². The molecule has 2 aromatic carbocycles. The molecule has 0 bridgehead atoms. The number of hydrogen-bond acceptors (Lipinski definition) is 7. The van der Waals surface area contributed by atoms with E-state index < -0.39 is 0 Å². The summed E-state index contributed by atoms with van der Waals surface area (Å²) in [6.45, 7) is 5.54. The van der Waals surface area contributed by atoms with Crippen molar-refractivity contribution in [1.82, 2.24) is 14.9 Å². The summed E-state index contributed by atoms with van der Waals surface area (Å²) in [6.07, 6.45) is 4.19. The third kappa shape index (κ3) is 5.95. The summed E-state index contributed by atoms with van der Waals surface area (Å²) in [7, 11) is 0. The van der Waals surface area contributed by atoms with Crippen molar-refractivity contribution in [3.8, 4) is 28.7 Å². The van der Waals surface area contributed by atoms with E-state index in [1.54, 1.807) is 4.90 Å². The zero-order valence-electron chi connectivity index (χ0n) is 19.5. The highest BCUT2D eigenvalue weighted by Gasteiger charge is 2.24. The Hall–Kier alpha value is -4.38. The number of likely N-dealkylation sites (tertiary alicyclic amines) is 1. The average molecular weight is 469 g/mol. The molecule has 3 N–H and O–H groups in total. The smallest absolute Gasteiger partial charge is 0.263 e. The zero-order chi connectivity index (χ0) is 24.6. The summed E-state index contributed by atoms with van der Waals surface area (Å²) in [5.74, 6) is 2.82. The van der Waals surface area contributed by atoms with Gasteiger partial charge in [0, 0.05) is 19.6 Å². The second-order valence-electron chi connectivity index (χ2n) is 8.46. The molecule has 0 aliphatic carbocycles. The molecule has 1 aliphatic heterocycles. The molecule has 1 aromatic heterocycles. The first kappa shape index (κ1) is 23.8. The van der Waals surface area contributed by atoms with E-state index in [9.17, 15) is 4.79 Å². The highest BCUT2D eigenvalue weighted by molar-refractivity contribution is 5.96. The third-order valence-corrected chi connectivity index (χ3v) is 6.14. The van der Waals surface area contributed by atoms with Crippen LogP contribution < -0.4 is 15.8 Å². The Morgan fingerprint density at radius 2 is 1.80 bits per heavy atom. The van der Waals surface area contributed by atoms with Gasteiger partial charge in [-0.2, -0.15) is 5.26 Å². The highest BCUT2D eigenvalue weighted by atomic mass is 16.5. The molecule has 2 heterocycles. The molecule has 0 spiro atoms. The molecule has 8 nitrogen and oxygen atoms in total. The number of nitrogens with one attached hydrogen (secondary N) is 1. The number of piperidine rings is 1. The second-order valence-corrected chi connectivity index (χ2v) is 8.46. The lowest BCUT2D eigenvalue weighted by molar-refractivity contribution is -0.128. The van der Waals surface area contributed by atoms with Crippen LogP contribution in [0.5, 0.6) is 11.5 Å². The maximum absolute atomic E-state index is 12.1. The maximum atomic E-state index is 12.1. The fraction of sp³-hybridized carbons (Fsp3) is 0.259. The van der Waals surface area contributed by atoms with Crippen LogP contribution >= 0.6 is 0 Å². The van der Waals surface area contributed by atoms with E-state index in [4.69, 9.17) is 15.7 Å². The highest BCUT2D eigenvalue weighted by Crippen LogP contribution is 2.33. The van der Waals surface area contributed by atoms with Gasteiger partial charge in [-0.3, -0.25) is 4.79 Å². The maximum Gasteiger partial charge on any atom is 0.263 e.